The predicted octanol–water partition coefficient (Wildman–Crippen LogP) is 3.66. The molecule has 0 fully saturated rings. The highest BCUT2D eigenvalue weighted by molar-refractivity contribution is 6.30. The fourth-order valence-electron chi connectivity index (χ4n) is 1.52. The maximum Gasteiger partial charge on any atom is 0.0409 e. The van der Waals surface area contributed by atoms with E-state index in [1.165, 1.54) is 5.56 Å². The Labute approximate surface area is 100 Å². The average Bonchev–Trinajstić information content (AvgIpc) is 2.28. The van der Waals surface area contributed by atoms with E-state index in [0.29, 0.717) is 0 Å². The predicted molar refractivity (Wildman–Crippen MR) is 67.8 cm³/mol. The van der Waals surface area contributed by atoms with E-state index in [0.717, 1.165) is 22.8 Å². The molecule has 0 unspecified atom stereocenters. The fourth-order valence-corrected chi connectivity index (χ4v) is 1.73. The fraction of sp³-hybridized carbons (Fsp3) is 0.154. The van der Waals surface area contributed by atoms with Crippen molar-refractivity contribution in [1.29, 1.82) is 0 Å². The quantitative estimate of drug-likeness (QED) is 0.874. The molecule has 1 aromatic carbocycles. The molecule has 2 aromatic rings. The van der Waals surface area contributed by atoms with E-state index in [2.05, 4.69) is 16.4 Å². The van der Waals surface area contributed by atoms with Crippen molar-refractivity contribution in [3.63, 3.8) is 0 Å². The van der Waals surface area contributed by atoms with Crippen molar-refractivity contribution in [2.24, 2.45) is 0 Å². The van der Waals surface area contributed by atoms with Crippen LogP contribution >= 0.6 is 11.6 Å². The van der Waals surface area contributed by atoms with E-state index in [-0.39, 0.29) is 0 Å². The van der Waals surface area contributed by atoms with Gasteiger partial charge in [-0.15, -0.1) is 0 Å². The van der Waals surface area contributed by atoms with Crippen LogP contribution in [-0.2, 0) is 6.54 Å². The van der Waals surface area contributed by atoms with Crippen molar-refractivity contribution in [3.8, 4) is 0 Å². The summed E-state index contributed by atoms with van der Waals surface area (Å²) in [4.78, 5) is 4.05. The molecule has 0 saturated carbocycles. The van der Waals surface area contributed by atoms with Crippen LogP contribution in [0.3, 0.4) is 0 Å². The lowest BCUT2D eigenvalue weighted by atomic mass is 10.2. The highest BCUT2D eigenvalue weighted by atomic mass is 35.5. The number of hydrogen-bond donors (Lipinski definition) is 1. The van der Waals surface area contributed by atoms with Gasteiger partial charge in [-0.2, -0.15) is 0 Å². The number of benzene rings is 1. The van der Waals surface area contributed by atoms with Crippen molar-refractivity contribution < 1.29 is 0 Å². The first-order valence-corrected chi connectivity index (χ1v) is 5.52. The zero-order valence-corrected chi connectivity index (χ0v) is 9.83. The van der Waals surface area contributed by atoms with Crippen molar-refractivity contribution in [1.82, 2.24) is 4.98 Å². The Kier molecular flexibility index (Phi) is 3.42. The van der Waals surface area contributed by atoms with Gasteiger partial charge < -0.3 is 5.32 Å². The van der Waals surface area contributed by atoms with Gasteiger partial charge in [-0.3, -0.25) is 4.98 Å². The molecular weight excluding hydrogens is 220 g/mol. The summed E-state index contributed by atoms with van der Waals surface area (Å²) in [6, 6.07) is 9.82. The molecule has 0 saturated heterocycles. The summed E-state index contributed by atoms with van der Waals surface area (Å²) in [5.74, 6) is 0. The minimum atomic E-state index is 0.769. The molecule has 0 aliphatic rings. The molecule has 0 aliphatic heterocycles. The third-order valence-corrected chi connectivity index (χ3v) is 2.63. The molecular formula is C13H13ClN2. The second-order valence-electron chi connectivity index (χ2n) is 3.67. The van der Waals surface area contributed by atoms with Crippen LogP contribution in [0.25, 0.3) is 0 Å². The van der Waals surface area contributed by atoms with Crippen LogP contribution < -0.4 is 5.32 Å². The van der Waals surface area contributed by atoms with E-state index < -0.39 is 0 Å². The Hall–Kier alpha value is -1.54. The Morgan fingerprint density at radius 3 is 2.94 bits per heavy atom. The highest BCUT2D eigenvalue weighted by Gasteiger charge is 1.97. The number of nitrogens with one attached hydrogen (secondary N) is 1. The number of rotatable bonds is 3. The normalized spacial score (nSPS) is 10.1. The van der Waals surface area contributed by atoms with Gasteiger partial charge in [0.25, 0.3) is 0 Å². The third kappa shape index (κ3) is 2.74. The number of aromatic nitrogens is 1. The molecule has 1 N–H and O–H groups in total. The van der Waals surface area contributed by atoms with Gasteiger partial charge in [-0.25, -0.2) is 0 Å². The van der Waals surface area contributed by atoms with Crippen LogP contribution in [0.2, 0.25) is 5.02 Å². The number of aryl methyl sites for hydroxylation is 1. The number of halogens is 1. The van der Waals surface area contributed by atoms with Crippen molar-refractivity contribution in [2.75, 3.05) is 5.32 Å². The summed E-state index contributed by atoms with van der Waals surface area (Å²) in [5.41, 5.74) is 3.42. The molecule has 3 heteroatoms. The summed E-state index contributed by atoms with van der Waals surface area (Å²) in [7, 11) is 0. The molecule has 82 valence electrons. The molecule has 0 aliphatic carbocycles. The van der Waals surface area contributed by atoms with Gasteiger partial charge in [-0.05, 0) is 36.2 Å². The summed E-state index contributed by atoms with van der Waals surface area (Å²) in [6.07, 6.45) is 3.63. The maximum absolute atomic E-state index is 5.92. The lowest BCUT2D eigenvalue weighted by Crippen LogP contribution is -2.00. The van der Waals surface area contributed by atoms with Gasteiger partial charge in [0.1, 0.15) is 0 Å². The standard InChI is InChI=1S/C13H13ClN2/c1-10-8-15-6-5-13(10)16-9-11-3-2-4-12(14)7-11/h2-8H,9H2,1H3,(H,15,16). The zero-order chi connectivity index (χ0) is 11.4. The molecule has 0 spiro atoms. The molecule has 16 heavy (non-hydrogen) atoms. The molecule has 0 amide bonds. The van der Waals surface area contributed by atoms with Gasteiger partial charge in [-0.1, -0.05) is 23.7 Å². The van der Waals surface area contributed by atoms with Crippen LogP contribution in [0, 0.1) is 6.92 Å². The molecule has 0 bridgehead atoms. The van der Waals surface area contributed by atoms with Crippen LogP contribution in [0.1, 0.15) is 11.1 Å². The largest absolute Gasteiger partial charge is 0.381 e. The highest BCUT2D eigenvalue weighted by Crippen LogP contribution is 2.15. The Balaban J connectivity index is 2.05. The summed E-state index contributed by atoms with van der Waals surface area (Å²) in [6.45, 7) is 2.80. The van der Waals surface area contributed by atoms with Gasteiger partial charge >= 0.3 is 0 Å². The first-order valence-electron chi connectivity index (χ1n) is 5.14. The number of pyridine rings is 1. The van der Waals surface area contributed by atoms with Crippen LogP contribution in [0.4, 0.5) is 5.69 Å². The SMILES string of the molecule is Cc1cnccc1NCc1cccc(Cl)c1. The maximum atomic E-state index is 5.92. The molecule has 0 radical (unpaired) electrons. The van der Waals surface area contributed by atoms with Crippen LogP contribution in [0.15, 0.2) is 42.7 Å². The van der Waals surface area contributed by atoms with Crippen molar-refractivity contribution >= 4 is 17.3 Å². The molecule has 1 heterocycles. The minimum absolute atomic E-state index is 0.769. The summed E-state index contributed by atoms with van der Waals surface area (Å²) in [5, 5.41) is 4.13. The van der Waals surface area contributed by atoms with E-state index in [9.17, 15) is 0 Å². The number of hydrogen-bond acceptors (Lipinski definition) is 2. The monoisotopic (exact) mass is 232 g/mol. The first-order chi connectivity index (χ1) is 7.75. The third-order valence-electron chi connectivity index (χ3n) is 2.39. The minimum Gasteiger partial charge on any atom is -0.381 e. The second kappa shape index (κ2) is 4.99. The van der Waals surface area contributed by atoms with Crippen molar-refractivity contribution in [2.45, 2.75) is 13.5 Å². The topological polar surface area (TPSA) is 24.9 Å². The Morgan fingerprint density at radius 1 is 1.31 bits per heavy atom. The number of nitrogens with zero attached hydrogens (tertiary/aromatic N) is 1. The number of anilines is 1. The van der Waals surface area contributed by atoms with Gasteiger partial charge in [0.15, 0.2) is 0 Å². The first kappa shape index (κ1) is 11.0. The average molecular weight is 233 g/mol. The zero-order valence-electron chi connectivity index (χ0n) is 9.07. The Morgan fingerprint density at radius 2 is 2.19 bits per heavy atom. The summed E-state index contributed by atoms with van der Waals surface area (Å²) >= 11 is 5.92. The van der Waals surface area contributed by atoms with Gasteiger partial charge in [0.05, 0.1) is 0 Å². The van der Waals surface area contributed by atoms with Crippen LogP contribution in [0.5, 0.6) is 0 Å². The van der Waals surface area contributed by atoms with E-state index in [1.54, 1.807) is 6.20 Å². The summed E-state index contributed by atoms with van der Waals surface area (Å²) < 4.78 is 0. The Bertz CT molecular complexity index is 483. The van der Waals surface area contributed by atoms with Gasteiger partial charge in [0, 0.05) is 29.6 Å². The lowest BCUT2D eigenvalue weighted by molar-refractivity contribution is 1.13. The lowest BCUT2D eigenvalue weighted by Gasteiger charge is -2.08. The van der Waals surface area contributed by atoms with Gasteiger partial charge in [0.2, 0.25) is 0 Å². The van der Waals surface area contributed by atoms with Crippen molar-refractivity contribution in [3.05, 3.63) is 58.9 Å². The molecule has 0 atom stereocenters. The second-order valence-corrected chi connectivity index (χ2v) is 4.11. The van der Waals surface area contributed by atoms with E-state index in [1.807, 2.05) is 37.4 Å². The van der Waals surface area contributed by atoms with E-state index >= 15 is 0 Å². The molecule has 2 nitrogen and oxygen atoms in total. The smallest absolute Gasteiger partial charge is 0.0409 e. The van der Waals surface area contributed by atoms with Crippen LogP contribution in [-0.4, -0.2) is 4.98 Å². The molecule has 2 rings (SSSR count). The molecule has 1 aromatic heterocycles. The van der Waals surface area contributed by atoms with E-state index in [4.69, 9.17) is 11.6 Å².